The average Bonchev–Trinajstić information content (AvgIpc) is 2.70. The van der Waals surface area contributed by atoms with E-state index in [1.165, 1.54) is 68.3 Å². The Morgan fingerprint density at radius 3 is 2.38 bits per heavy atom. The minimum Gasteiger partial charge on any atom is -0.295 e. The molecule has 0 heterocycles. The SMILES string of the molecule is C/C=C(\N=C(C)CN(CCCC)C1CCCCC1)c1ccc(CC)cc1. The third kappa shape index (κ3) is 6.39. The van der Waals surface area contributed by atoms with E-state index in [-0.39, 0.29) is 0 Å². The van der Waals surface area contributed by atoms with Crippen LogP contribution in [0.1, 0.15) is 83.8 Å². The van der Waals surface area contributed by atoms with Gasteiger partial charge in [-0.1, -0.05) is 69.9 Å². The van der Waals surface area contributed by atoms with Crippen molar-refractivity contribution in [3.63, 3.8) is 0 Å². The summed E-state index contributed by atoms with van der Waals surface area (Å²) < 4.78 is 0. The van der Waals surface area contributed by atoms with Gasteiger partial charge < -0.3 is 0 Å². The van der Waals surface area contributed by atoms with Crippen molar-refractivity contribution in [2.75, 3.05) is 13.1 Å². The van der Waals surface area contributed by atoms with Crippen molar-refractivity contribution in [3.8, 4) is 0 Å². The third-order valence-corrected chi connectivity index (χ3v) is 5.56. The number of aliphatic imine (C=N–C) groups is 1. The van der Waals surface area contributed by atoms with E-state index >= 15 is 0 Å². The van der Waals surface area contributed by atoms with Gasteiger partial charge in [-0.15, -0.1) is 0 Å². The van der Waals surface area contributed by atoms with E-state index in [0.29, 0.717) is 0 Å². The Bertz CT molecular complexity index is 577. The fourth-order valence-corrected chi connectivity index (χ4v) is 3.94. The molecule has 0 amide bonds. The fraction of sp³-hybridized carbons (Fsp3) is 0.625. The van der Waals surface area contributed by atoms with Gasteiger partial charge in [0.2, 0.25) is 0 Å². The summed E-state index contributed by atoms with van der Waals surface area (Å²) in [5.41, 5.74) is 4.94. The maximum atomic E-state index is 5.00. The minimum absolute atomic E-state index is 0.762. The number of nitrogens with zero attached hydrogens (tertiary/aromatic N) is 2. The monoisotopic (exact) mass is 354 g/mol. The van der Waals surface area contributed by atoms with E-state index in [1.807, 2.05) is 0 Å². The molecule has 0 spiro atoms. The summed E-state index contributed by atoms with van der Waals surface area (Å²) in [6.07, 6.45) is 12.7. The zero-order chi connectivity index (χ0) is 18.8. The van der Waals surface area contributed by atoms with Crippen LogP contribution in [-0.2, 0) is 6.42 Å². The first kappa shape index (κ1) is 20.9. The second-order valence-electron chi connectivity index (χ2n) is 7.69. The molecule has 0 radical (unpaired) electrons. The van der Waals surface area contributed by atoms with Gasteiger partial charge in [0.1, 0.15) is 0 Å². The topological polar surface area (TPSA) is 15.6 Å². The number of unbranched alkanes of at least 4 members (excludes halogenated alkanes) is 1. The highest BCUT2D eigenvalue weighted by atomic mass is 15.2. The van der Waals surface area contributed by atoms with Crippen LogP contribution in [0.15, 0.2) is 35.3 Å². The lowest BCUT2D eigenvalue weighted by Crippen LogP contribution is -2.40. The van der Waals surface area contributed by atoms with Crippen molar-refractivity contribution in [3.05, 3.63) is 41.5 Å². The van der Waals surface area contributed by atoms with Gasteiger partial charge in [-0.2, -0.15) is 0 Å². The van der Waals surface area contributed by atoms with E-state index in [4.69, 9.17) is 4.99 Å². The number of hydrogen-bond donors (Lipinski definition) is 0. The Morgan fingerprint density at radius 2 is 1.81 bits per heavy atom. The first-order valence-electron chi connectivity index (χ1n) is 10.7. The molecule has 1 aliphatic rings. The lowest BCUT2D eigenvalue weighted by molar-refractivity contribution is 0.175. The normalized spacial score (nSPS) is 17.1. The molecule has 0 unspecified atom stereocenters. The highest BCUT2D eigenvalue weighted by Gasteiger charge is 2.21. The fourth-order valence-electron chi connectivity index (χ4n) is 3.94. The molecule has 0 saturated heterocycles. The molecule has 0 aromatic heterocycles. The van der Waals surface area contributed by atoms with Crippen molar-refractivity contribution >= 4 is 11.4 Å². The van der Waals surface area contributed by atoms with Crippen molar-refractivity contribution in [1.29, 1.82) is 0 Å². The molecule has 0 N–H and O–H groups in total. The van der Waals surface area contributed by atoms with Gasteiger partial charge in [0, 0.05) is 18.3 Å². The third-order valence-electron chi connectivity index (χ3n) is 5.56. The zero-order valence-corrected chi connectivity index (χ0v) is 17.4. The Kier molecular flexibility index (Phi) is 9.11. The highest BCUT2D eigenvalue weighted by molar-refractivity contribution is 5.89. The first-order chi connectivity index (χ1) is 12.7. The van der Waals surface area contributed by atoms with Crippen molar-refractivity contribution in [2.45, 2.75) is 85.1 Å². The molecule has 2 rings (SSSR count). The van der Waals surface area contributed by atoms with E-state index in [0.717, 1.165) is 24.7 Å². The first-order valence-corrected chi connectivity index (χ1v) is 10.7. The standard InChI is InChI=1S/C24H38N2/c1-5-8-18-26(23-12-10-9-11-13-23)19-20(4)25-24(7-3)22-16-14-21(6-2)15-17-22/h7,14-17,23H,5-6,8-13,18-19H2,1-4H3/b24-7-,25-20?. The molecular formula is C24H38N2. The van der Waals surface area contributed by atoms with Gasteiger partial charge in [-0.05, 0) is 57.2 Å². The van der Waals surface area contributed by atoms with Crippen LogP contribution in [0.4, 0.5) is 0 Å². The van der Waals surface area contributed by atoms with Crippen molar-refractivity contribution in [1.82, 2.24) is 4.90 Å². The Hall–Kier alpha value is -1.41. The lowest BCUT2D eigenvalue weighted by atomic mass is 9.94. The second kappa shape index (κ2) is 11.3. The number of allylic oxidation sites excluding steroid dienone is 1. The lowest BCUT2D eigenvalue weighted by Gasteiger charge is -2.34. The molecule has 26 heavy (non-hydrogen) atoms. The molecular weight excluding hydrogens is 316 g/mol. The summed E-state index contributed by atoms with van der Waals surface area (Å²) in [7, 11) is 0. The van der Waals surface area contributed by atoms with Crippen LogP contribution < -0.4 is 0 Å². The highest BCUT2D eigenvalue weighted by Crippen LogP contribution is 2.23. The van der Waals surface area contributed by atoms with Gasteiger partial charge in [0.05, 0.1) is 5.70 Å². The Balaban J connectivity index is 2.07. The molecule has 1 aromatic carbocycles. The second-order valence-corrected chi connectivity index (χ2v) is 7.69. The average molecular weight is 355 g/mol. The molecule has 1 saturated carbocycles. The summed E-state index contributed by atoms with van der Waals surface area (Å²) in [5.74, 6) is 0. The van der Waals surface area contributed by atoms with Crippen LogP contribution in [0.3, 0.4) is 0 Å². The predicted octanol–water partition coefficient (Wildman–Crippen LogP) is 6.51. The van der Waals surface area contributed by atoms with Crippen LogP contribution in [0, 0.1) is 0 Å². The predicted molar refractivity (Wildman–Crippen MR) is 116 cm³/mol. The number of aryl methyl sites for hydroxylation is 1. The van der Waals surface area contributed by atoms with E-state index in [2.05, 4.69) is 62.9 Å². The molecule has 0 atom stereocenters. The molecule has 2 heteroatoms. The Labute approximate surface area is 161 Å². The van der Waals surface area contributed by atoms with Gasteiger partial charge in [0.25, 0.3) is 0 Å². The van der Waals surface area contributed by atoms with Crippen molar-refractivity contribution < 1.29 is 0 Å². The summed E-state index contributed by atoms with van der Waals surface area (Å²) >= 11 is 0. The van der Waals surface area contributed by atoms with Gasteiger partial charge >= 0.3 is 0 Å². The van der Waals surface area contributed by atoms with Crippen LogP contribution in [0.5, 0.6) is 0 Å². The van der Waals surface area contributed by atoms with Crippen LogP contribution in [0.25, 0.3) is 5.70 Å². The molecule has 0 aliphatic heterocycles. The van der Waals surface area contributed by atoms with E-state index < -0.39 is 0 Å². The molecule has 0 bridgehead atoms. The molecule has 1 aromatic rings. The van der Waals surface area contributed by atoms with Crippen LogP contribution >= 0.6 is 0 Å². The summed E-state index contributed by atoms with van der Waals surface area (Å²) in [5, 5.41) is 0. The number of rotatable bonds is 9. The molecule has 2 nitrogen and oxygen atoms in total. The summed E-state index contributed by atoms with van der Waals surface area (Å²) in [4.78, 5) is 7.70. The van der Waals surface area contributed by atoms with Crippen LogP contribution in [-0.4, -0.2) is 29.7 Å². The van der Waals surface area contributed by atoms with E-state index in [1.54, 1.807) is 0 Å². The quantitative estimate of drug-likeness (QED) is 0.462. The van der Waals surface area contributed by atoms with Gasteiger partial charge in [0.15, 0.2) is 0 Å². The number of benzene rings is 1. The molecule has 144 valence electrons. The summed E-state index contributed by atoms with van der Waals surface area (Å²) in [6, 6.07) is 9.62. The minimum atomic E-state index is 0.762. The maximum Gasteiger partial charge on any atom is 0.0659 e. The number of hydrogen-bond acceptors (Lipinski definition) is 2. The van der Waals surface area contributed by atoms with E-state index in [9.17, 15) is 0 Å². The Morgan fingerprint density at radius 1 is 1.12 bits per heavy atom. The van der Waals surface area contributed by atoms with Gasteiger partial charge in [-0.3, -0.25) is 9.89 Å². The molecule has 1 fully saturated rings. The van der Waals surface area contributed by atoms with Crippen LogP contribution in [0.2, 0.25) is 0 Å². The smallest absolute Gasteiger partial charge is 0.0659 e. The van der Waals surface area contributed by atoms with Crippen molar-refractivity contribution in [2.24, 2.45) is 4.99 Å². The largest absolute Gasteiger partial charge is 0.295 e. The summed E-state index contributed by atoms with van der Waals surface area (Å²) in [6.45, 7) is 11.0. The molecule has 1 aliphatic carbocycles. The zero-order valence-electron chi connectivity index (χ0n) is 17.4. The van der Waals surface area contributed by atoms with Gasteiger partial charge in [-0.25, -0.2) is 0 Å². The maximum absolute atomic E-state index is 5.00.